The first kappa shape index (κ1) is 14.3. The molecule has 0 aliphatic heterocycles. The molecule has 0 radical (unpaired) electrons. The lowest BCUT2D eigenvalue weighted by molar-refractivity contribution is -0.385. The molecule has 1 N–H and O–H groups in total. The number of carbonyl (C=O) groups is 1. The molecular formula is C14H19N3O3. The fraction of sp³-hybridized carbons (Fsp3) is 0.500. The van der Waals surface area contributed by atoms with E-state index in [1.807, 2.05) is 6.92 Å². The van der Waals surface area contributed by atoms with E-state index < -0.39 is 4.92 Å². The lowest BCUT2D eigenvalue weighted by atomic mass is 10.1. The molecule has 0 unspecified atom stereocenters. The van der Waals surface area contributed by atoms with Gasteiger partial charge >= 0.3 is 0 Å². The standard InChI is InChI=1S/C14H19N3O3/c1-3-15-11-6-7-13(17(19)20)12(8-11)14(18)16(2)9-10-4-5-10/h6-8,10,15H,3-5,9H2,1-2H3. The van der Waals surface area contributed by atoms with Crippen LogP contribution in [0, 0.1) is 16.0 Å². The van der Waals surface area contributed by atoms with Crippen LogP contribution in [0.2, 0.25) is 0 Å². The highest BCUT2D eigenvalue weighted by Gasteiger charge is 2.28. The van der Waals surface area contributed by atoms with Gasteiger partial charge in [-0.3, -0.25) is 14.9 Å². The quantitative estimate of drug-likeness (QED) is 0.640. The van der Waals surface area contributed by atoms with Gasteiger partial charge in [0.2, 0.25) is 0 Å². The number of hydrogen-bond acceptors (Lipinski definition) is 4. The molecule has 0 atom stereocenters. The van der Waals surface area contributed by atoms with Crippen molar-refractivity contribution in [3.63, 3.8) is 0 Å². The van der Waals surface area contributed by atoms with Gasteiger partial charge in [0.1, 0.15) is 5.56 Å². The summed E-state index contributed by atoms with van der Waals surface area (Å²) in [5.41, 5.74) is 0.733. The maximum absolute atomic E-state index is 12.4. The number of anilines is 1. The molecule has 1 amide bonds. The van der Waals surface area contributed by atoms with Gasteiger partial charge in [-0.25, -0.2) is 0 Å². The number of nitrogens with zero attached hydrogens (tertiary/aromatic N) is 2. The van der Waals surface area contributed by atoms with Crippen LogP contribution in [-0.4, -0.2) is 35.9 Å². The van der Waals surface area contributed by atoms with E-state index in [-0.39, 0.29) is 17.2 Å². The molecule has 20 heavy (non-hydrogen) atoms. The number of nitrogens with one attached hydrogen (secondary N) is 1. The first-order valence-corrected chi connectivity index (χ1v) is 6.80. The third-order valence-corrected chi connectivity index (χ3v) is 3.38. The highest BCUT2D eigenvalue weighted by atomic mass is 16.6. The number of hydrogen-bond donors (Lipinski definition) is 1. The Labute approximate surface area is 117 Å². The van der Waals surface area contributed by atoms with E-state index >= 15 is 0 Å². The Morgan fingerprint density at radius 2 is 2.20 bits per heavy atom. The normalized spacial score (nSPS) is 13.9. The smallest absolute Gasteiger partial charge is 0.282 e. The second-order valence-electron chi connectivity index (χ2n) is 5.15. The summed E-state index contributed by atoms with van der Waals surface area (Å²) in [6.45, 7) is 3.30. The van der Waals surface area contributed by atoms with Crippen molar-refractivity contribution in [2.45, 2.75) is 19.8 Å². The van der Waals surface area contributed by atoms with Gasteiger partial charge in [0, 0.05) is 31.9 Å². The van der Waals surface area contributed by atoms with Gasteiger partial charge in [0.15, 0.2) is 0 Å². The number of benzene rings is 1. The molecule has 0 bridgehead atoms. The molecule has 1 aromatic rings. The third-order valence-electron chi connectivity index (χ3n) is 3.38. The maximum Gasteiger partial charge on any atom is 0.282 e. The van der Waals surface area contributed by atoms with Crippen molar-refractivity contribution in [1.82, 2.24) is 4.90 Å². The van der Waals surface area contributed by atoms with E-state index in [0.717, 1.165) is 18.5 Å². The van der Waals surface area contributed by atoms with E-state index in [2.05, 4.69) is 5.32 Å². The van der Waals surface area contributed by atoms with Gasteiger partial charge in [-0.2, -0.15) is 0 Å². The maximum atomic E-state index is 12.4. The second kappa shape index (κ2) is 5.90. The van der Waals surface area contributed by atoms with Crippen LogP contribution in [-0.2, 0) is 0 Å². The van der Waals surface area contributed by atoms with Crippen LogP contribution in [0.4, 0.5) is 11.4 Å². The number of nitro groups is 1. The topological polar surface area (TPSA) is 75.5 Å². The zero-order chi connectivity index (χ0) is 14.7. The van der Waals surface area contributed by atoms with E-state index in [0.29, 0.717) is 19.0 Å². The van der Waals surface area contributed by atoms with Crippen molar-refractivity contribution < 1.29 is 9.72 Å². The lowest BCUT2D eigenvalue weighted by Crippen LogP contribution is -2.29. The molecule has 6 nitrogen and oxygen atoms in total. The Kier molecular flexibility index (Phi) is 4.22. The van der Waals surface area contributed by atoms with Gasteiger partial charge in [-0.05, 0) is 37.8 Å². The Hall–Kier alpha value is -2.11. The number of rotatable bonds is 6. The van der Waals surface area contributed by atoms with Crippen molar-refractivity contribution in [2.75, 3.05) is 25.5 Å². The zero-order valence-electron chi connectivity index (χ0n) is 11.8. The largest absolute Gasteiger partial charge is 0.385 e. The molecule has 6 heteroatoms. The van der Waals surface area contributed by atoms with Crippen molar-refractivity contribution in [1.29, 1.82) is 0 Å². The summed E-state index contributed by atoms with van der Waals surface area (Å²) in [6, 6.07) is 4.57. The molecule has 0 heterocycles. The van der Waals surface area contributed by atoms with Gasteiger partial charge < -0.3 is 10.2 Å². The van der Waals surface area contributed by atoms with Crippen molar-refractivity contribution in [2.24, 2.45) is 5.92 Å². The summed E-state index contributed by atoms with van der Waals surface area (Å²) >= 11 is 0. The Morgan fingerprint density at radius 1 is 1.50 bits per heavy atom. The fourth-order valence-corrected chi connectivity index (χ4v) is 2.16. The van der Waals surface area contributed by atoms with Crippen molar-refractivity contribution >= 4 is 17.3 Å². The summed E-state index contributed by atoms with van der Waals surface area (Å²) < 4.78 is 0. The highest BCUT2D eigenvalue weighted by Crippen LogP contribution is 2.30. The van der Waals surface area contributed by atoms with Crippen LogP contribution in [0.1, 0.15) is 30.1 Å². The fourth-order valence-electron chi connectivity index (χ4n) is 2.16. The van der Waals surface area contributed by atoms with Crippen LogP contribution in [0.3, 0.4) is 0 Å². The summed E-state index contributed by atoms with van der Waals surface area (Å²) in [7, 11) is 1.70. The summed E-state index contributed by atoms with van der Waals surface area (Å²) in [4.78, 5) is 24.5. The summed E-state index contributed by atoms with van der Waals surface area (Å²) in [6.07, 6.45) is 2.27. The van der Waals surface area contributed by atoms with Crippen molar-refractivity contribution in [3.05, 3.63) is 33.9 Å². The summed E-state index contributed by atoms with van der Waals surface area (Å²) in [5, 5.41) is 14.1. The highest BCUT2D eigenvalue weighted by molar-refractivity contribution is 5.99. The molecule has 108 valence electrons. The second-order valence-corrected chi connectivity index (χ2v) is 5.15. The van der Waals surface area contributed by atoms with Crippen LogP contribution in [0.15, 0.2) is 18.2 Å². The average molecular weight is 277 g/mol. The molecule has 0 aromatic heterocycles. The molecule has 1 aliphatic rings. The minimum absolute atomic E-state index is 0.140. The first-order valence-electron chi connectivity index (χ1n) is 6.80. The van der Waals surface area contributed by atoms with Gasteiger partial charge in [-0.1, -0.05) is 0 Å². The van der Waals surface area contributed by atoms with Crippen LogP contribution in [0.5, 0.6) is 0 Å². The van der Waals surface area contributed by atoms with Crippen LogP contribution >= 0.6 is 0 Å². The Morgan fingerprint density at radius 3 is 2.75 bits per heavy atom. The number of carbonyl (C=O) groups excluding carboxylic acids is 1. The third kappa shape index (κ3) is 3.26. The molecule has 1 aliphatic carbocycles. The minimum atomic E-state index is -0.506. The molecular weight excluding hydrogens is 258 g/mol. The van der Waals surface area contributed by atoms with Gasteiger partial charge in [0.25, 0.3) is 11.6 Å². The minimum Gasteiger partial charge on any atom is -0.385 e. The molecule has 1 saturated carbocycles. The number of amides is 1. The summed E-state index contributed by atoms with van der Waals surface area (Å²) in [5.74, 6) is 0.267. The van der Waals surface area contributed by atoms with E-state index in [1.54, 1.807) is 24.1 Å². The Bertz CT molecular complexity index is 526. The molecule has 2 rings (SSSR count). The lowest BCUT2D eigenvalue weighted by Gasteiger charge is -2.17. The molecule has 0 spiro atoms. The molecule has 0 saturated heterocycles. The van der Waals surface area contributed by atoms with Gasteiger partial charge in [-0.15, -0.1) is 0 Å². The van der Waals surface area contributed by atoms with E-state index in [4.69, 9.17) is 0 Å². The van der Waals surface area contributed by atoms with E-state index in [1.165, 1.54) is 6.07 Å². The SMILES string of the molecule is CCNc1ccc([N+](=O)[O-])c(C(=O)N(C)CC2CC2)c1. The monoisotopic (exact) mass is 277 g/mol. The Balaban J connectivity index is 2.27. The van der Waals surface area contributed by atoms with E-state index in [9.17, 15) is 14.9 Å². The first-order chi connectivity index (χ1) is 9.52. The predicted molar refractivity (Wildman–Crippen MR) is 76.9 cm³/mol. The zero-order valence-corrected chi connectivity index (χ0v) is 11.8. The van der Waals surface area contributed by atoms with Crippen molar-refractivity contribution in [3.8, 4) is 0 Å². The average Bonchev–Trinajstić information content (AvgIpc) is 3.21. The number of nitro benzene ring substituents is 1. The van der Waals surface area contributed by atoms with Crippen LogP contribution in [0.25, 0.3) is 0 Å². The van der Waals surface area contributed by atoms with Gasteiger partial charge in [0.05, 0.1) is 4.92 Å². The molecule has 1 fully saturated rings. The van der Waals surface area contributed by atoms with Crippen LogP contribution < -0.4 is 5.32 Å². The molecule has 1 aromatic carbocycles. The predicted octanol–water partition coefficient (Wildman–Crippen LogP) is 2.51.